The number of nitriles is 2. The van der Waals surface area contributed by atoms with Gasteiger partial charge in [0.25, 0.3) is 0 Å². The molecule has 0 aliphatic heterocycles. The summed E-state index contributed by atoms with van der Waals surface area (Å²) in [4.78, 5) is 13.7. The van der Waals surface area contributed by atoms with Crippen molar-refractivity contribution in [3.05, 3.63) is 40.4 Å². The van der Waals surface area contributed by atoms with Crippen LogP contribution in [-0.4, -0.2) is 31.0 Å². The van der Waals surface area contributed by atoms with Crippen molar-refractivity contribution in [3.63, 3.8) is 0 Å². The fraction of sp³-hybridized carbons (Fsp3) is 0.235. The highest BCUT2D eigenvalue weighted by Crippen LogP contribution is 2.30. The number of fused-ring (bicyclic) bond motifs is 1. The second-order valence-corrected chi connectivity index (χ2v) is 5.77. The second kappa shape index (κ2) is 7.62. The van der Waals surface area contributed by atoms with Crippen molar-refractivity contribution in [3.8, 4) is 17.9 Å². The summed E-state index contributed by atoms with van der Waals surface area (Å²) in [7, 11) is 1.55. The van der Waals surface area contributed by atoms with Gasteiger partial charge in [0.05, 0.1) is 25.7 Å². The lowest BCUT2D eigenvalue weighted by atomic mass is 10.0. The van der Waals surface area contributed by atoms with E-state index in [2.05, 4.69) is 15.9 Å². The van der Waals surface area contributed by atoms with E-state index in [0.29, 0.717) is 5.75 Å². The lowest BCUT2D eigenvalue weighted by Crippen LogP contribution is -2.33. The highest BCUT2D eigenvalue weighted by atomic mass is 79.9. The van der Waals surface area contributed by atoms with Gasteiger partial charge in [-0.1, -0.05) is 28.1 Å². The number of nitrogens with zero attached hydrogens (tertiary/aromatic N) is 3. The minimum atomic E-state index is -0.276. The third kappa shape index (κ3) is 3.80. The van der Waals surface area contributed by atoms with Crippen LogP contribution < -0.4 is 4.74 Å². The topological polar surface area (TPSA) is 77.1 Å². The molecule has 0 radical (unpaired) electrons. The van der Waals surface area contributed by atoms with Crippen LogP contribution in [0.2, 0.25) is 0 Å². The summed E-state index contributed by atoms with van der Waals surface area (Å²) in [6.45, 7) is -0.212. The van der Waals surface area contributed by atoms with E-state index in [-0.39, 0.29) is 25.4 Å². The number of amides is 1. The molecule has 0 atom stereocenters. The van der Waals surface area contributed by atoms with E-state index >= 15 is 0 Å². The Bertz CT molecular complexity index is 805. The molecule has 116 valence electrons. The van der Waals surface area contributed by atoms with E-state index in [1.54, 1.807) is 7.11 Å². The predicted molar refractivity (Wildman–Crippen MR) is 89.7 cm³/mol. The SMILES string of the molecule is COc1ccc2cc(Br)ccc2c1CC(=O)N(CC#N)CC#N. The molecule has 1 amide bonds. The Morgan fingerprint density at radius 3 is 2.52 bits per heavy atom. The monoisotopic (exact) mass is 371 g/mol. The Kier molecular flexibility index (Phi) is 5.56. The summed E-state index contributed by atoms with van der Waals surface area (Å²) in [5.41, 5.74) is 0.753. The molecule has 6 heteroatoms. The van der Waals surface area contributed by atoms with Crippen LogP contribution in [0, 0.1) is 22.7 Å². The minimum Gasteiger partial charge on any atom is -0.496 e. The van der Waals surface area contributed by atoms with E-state index in [1.165, 1.54) is 4.90 Å². The van der Waals surface area contributed by atoms with Gasteiger partial charge in [0.2, 0.25) is 5.91 Å². The van der Waals surface area contributed by atoms with Crippen LogP contribution in [0.4, 0.5) is 0 Å². The van der Waals surface area contributed by atoms with Crippen molar-refractivity contribution >= 4 is 32.6 Å². The Balaban J connectivity index is 2.43. The molecule has 5 nitrogen and oxygen atoms in total. The van der Waals surface area contributed by atoms with Crippen LogP contribution in [0.3, 0.4) is 0 Å². The first kappa shape index (κ1) is 16.8. The number of halogens is 1. The molecule has 0 fully saturated rings. The molecule has 2 aromatic carbocycles. The van der Waals surface area contributed by atoms with Crippen LogP contribution in [0.25, 0.3) is 10.8 Å². The maximum atomic E-state index is 12.4. The van der Waals surface area contributed by atoms with Gasteiger partial charge in [0, 0.05) is 10.0 Å². The maximum Gasteiger partial charge on any atom is 0.228 e. The number of rotatable bonds is 5. The molecule has 0 unspecified atom stereocenters. The average molecular weight is 372 g/mol. The van der Waals surface area contributed by atoms with Crippen molar-refractivity contribution in [2.24, 2.45) is 0 Å². The first-order valence-corrected chi connectivity index (χ1v) is 7.66. The summed E-state index contributed by atoms with van der Waals surface area (Å²) >= 11 is 3.43. The van der Waals surface area contributed by atoms with Crippen LogP contribution in [0.15, 0.2) is 34.8 Å². The highest BCUT2D eigenvalue weighted by molar-refractivity contribution is 9.10. The molecule has 0 aliphatic rings. The Morgan fingerprint density at radius 1 is 1.22 bits per heavy atom. The van der Waals surface area contributed by atoms with Crippen molar-refractivity contribution in [1.29, 1.82) is 10.5 Å². The molecule has 0 saturated heterocycles. The fourth-order valence-electron chi connectivity index (χ4n) is 2.38. The summed E-state index contributed by atoms with van der Waals surface area (Å²) in [5, 5.41) is 19.5. The van der Waals surface area contributed by atoms with E-state index in [0.717, 1.165) is 20.8 Å². The summed E-state index contributed by atoms with van der Waals surface area (Å²) in [6, 6.07) is 13.3. The van der Waals surface area contributed by atoms with Gasteiger partial charge in [-0.2, -0.15) is 10.5 Å². The lowest BCUT2D eigenvalue weighted by molar-refractivity contribution is -0.129. The zero-order valence-electron chi connectivity index (χ0n) is 12.5. The summed E-state index contributed by atoms with van der Waals surface area (Å²) < 4.78 is 6.32. The molecule has 0 bridgehead atoms. The molecule has 0 aliphatic carbocycles. The normalized spacial score (nSPS) is 9.91. The molecule has 0 saturated carbocycles. The highest BCUT2D eigenvalue weighted by Gasteiger charge is 2.18. The fourth-order valence-corrected chi connectivity index (χ4v) is 2.76. The third-order valence-electron chi connectivity index (χ3n) is 3.47. The van der Waals surface area contributed by atoms with E-state index in [9.17, 15) is 4.79 Å². The lowest BCUT2D eigenvalue weighted by Gasteiger charge is -2.18. The number of benzene rings is 2. The molecular weight excluding hydrogens is 358 g/mol. The molecule has 0 heterocycles. The Labute approximate surface area is 142 Å². The van der Waals surface area contributed by atoms with Gasteiger partial charge in [-0.05, 0) is 29.0 Å². The van der Waals surface area contributed by atoms with Gasteiger partial charge in [0.15, 0.2) is 0 Å². The second-order valence-electron chi connectivity index (χ2n) is 4.85. The predicted octanol–water partition coefficient (Wildman–Crippen LogP) is 3.03. The minimum absolute atomic E-state index is 0.0749. The number of methoxy groups -OCH3 is 1. The average Bonchev–Trinajstić information content (AvgIpc) is 2.54. The van der Waals surface area contributed by atoms with E-state index < -0.39 is 0 Å². The number of carbonyl (C=O) groups is 1. The first-order valence-electron chi connectivity index (χ1n) is 6.87. The molecule has 0 aromatic heterocycles. The van der Waals surface area contributed by atoms with Crippen molar-refractivity contribution in [2.45, 2.75) is 6.42 Å². The molecule has 2 rings (SSSR count). The maximum absolute atomic E-state index is 12.4. The molecule has 2 aromatic rings. The summed E-state index contributed by atoms with van der Waals surface area (Å²) in [5.74, 6) is 0.337. The zero-order chi connectivity index (χ0) is 16.8. The smallest absolute Gasteiger partial charge is 0.228 e. The van der Waals surface area contributed by atoms with Crippen molar-refractivity contribution in [2.75, 3.05) is 20.2 Å². The number of hydrogen-bond acceptors (Lipinski definition) is 4. The molecular formula is C17H14BrN3O2. The first-order chi connectivity index (χ1) is 11.1. The standard InChI is InChI=1S/C17H14BrN3O2/c1-23-16-5-2-12-10-13(18)3-4-14(12)15(16)11-17(22)21(8-6-19)9-7-20/h2-5,10H,8-9,11H2,1H3. The largest absolute Gasteiger partial charge is 0.496 e. The zero-order valence-corrected chi connectivity index (χ0v) is 14.1. The molecule has 23 heavy (non-hydrogen) atoms. The third-order valence-corrected chi connectivity index (χ3v) is 3.97. The van der Waals surface area contributed by atoms with Crippen LogP contribution in [-0.2, 0) is 11.2 Å². The summed E-state index contributed by atoms with van der Waals surface area (Å²) in [6.07, 6.45) is 0.0749. The number of ether oxygens (including phenoxy) is 1. The van der Waals surface area contributed by atoms with Crippen molar-refractivity contribution in [1.82, 2.24) is 4.90 Å². The van der Waals surface area contributed by atoms with Gasteiger partial charge >= 0.3 is 0 Å². The number of hydrogen-bond donors (Lipinski definition) is 0. The van der Waals surface area contributed by atoms with Crippen LogP contribution >= 0.6 is 15.9 Å². The van der Waals surface area contributed by atoms with Crippen LogP contribution in [0.5, 0.6) is 5.75 Å². The van der Waals surface area contributed by atoms with Gasteiger partial charge in [0.1, 0.15) is 18.8 Å². The van der Waals surface area contributed by atoms with Gasteiger partial charge in [-0.15, -0.1) is 0 Å². The molecule has 0 N–H and O–H groups in total. The van der Waals surface area contributed by atoms with Gasteiger partial charge in [-0.3, -0.25) is 4.79 Å². The van der Waals surface area contributed by atoms with Gasteiger partial charge < -0.3 is 9.64 Å². The van der Waals surface area contributed by atoms with E-state index in [1.807, 2.05) is 42.5 Å². The van der Waals surface area contributed by atoms with Crippen molar-refractivity contribution < 1.29 is 9.53 Å². The number of carbonyl (C=O) groups excluding carboxylic acids is 1. The van der Waals surface area contributed by atoms with Crippen LogP contribution in [0.1, 0.15) is 5.56 Å². The molecule has 0 spiro atoms. The Morgan fingerprint density at radius 2 is 1.91 bits per heavy atom. The van der Waals surface area contributed by atoms with Gasteiger partial charge in [-0.25, -0.2) is 0 Å². The quantitative estimate of drug-likeness (QED) is 0.756. The Hall–Kier alpha value is -2.57. The van der Waals surface area contributed by atoms with E-state index in [4.69, 9.17) is 15.3 Å².